The van der Waals surface area contributed by atoms with Crippen molar-refractivity contribution in [3.8, 4) is 11.1 Å². The van der Waals surface area contributed by atoms with Gasteiger partial charge in [0.05, 0.1) is 11.7 Å². The highest BCUT2D eigenvalue weighted by Crippen LogP contribution is 2.31. The van der Waals surface area contributed by atoms with Crippen molar-refractivity contribution in [1.82, 2.24) is 0 Å². The van der Waals surface area contributed by atoms with Gasteiger partial charge in [0.1, 0.15) is 0 Å². The van der Waals surface area contributed by atoms with E-state index in [9.17, 15) is 9.90 Å². The van der Waals surface area contributed by atoms with Gasteiger partial charge in [0.15, 0.2) is 0 Å². The first-order valence-electron chi connectivity index (χ1n) is 10.6. The lowest BCUT2D eigenvalue weighted by molar-refractivity contribution is 0.100. The van der Waals surface area contributed by atoms with Crippen molar-refractivity contribution in [2.24, 2.45) is 5.73 Å². The summed E-state index contributed by atoms with van der Waals surface area (Å²) >= 11 is 0. The van der Waals surface area contributed by atoms with Crippen LogP contribution in [0.3, 0.4) is 0 Å². The van der Waals surface area contributed by atoms with Crippen LogP contribution in [0.5, 0.6) is 0 Å². The molecule has 4 nitrogen and oxygen atoms in total. The standard InChI is InChI=1S/C26H28N2O2/c27-26(30)24-15-10-20(17-25(24)28-21-11-13-22(29)14-12-21)23-9-5-4-8-19(23)16-18-6-2-1-3-7-18/h1-10,15,17,21-22,28-29H,11-14,16H2,(H2,27,30)/t21-,22-. The van der Waals surface area contributed by atoms with Crippen LogP contribution in [-0.4, -0.2) is 23.2 Å². The van der Waals surface area contributed by atoms with E-state index < -0.39 is 5.91 Å². The Morgan fingerprint density at radius 2 is 1.63 bits per heavy atom. The van der Waals surface area contributed by atoms with E-state index in [1.165, 1.54) is 11.1 Å². The van der Waals surface area contributed by atoms with Crippen LogP contribution in [-0.2, 0) is 6.42 Å². The first-order chi connectivity index (χ1) is 14.6. The van der Waals surface area contributed by atoms with E-state index in [0.717, 1.165) is 48.9 Å². The van der Waals surface area contributed by atoms with Crippen molar-refractivity contribution >= 4 is 11.6 Å². The Balaban J connectivity index is 1.66. The second-order valence-electron chi connectivity index (χ2n) is 8.09. The molecule has 1 saturated carbocycles. The van der Waals surface area contributed by atoms with Gasteiger partial charge in [-0.25, -0.2) is 0 Å². The predicted molar refractivity (Wildman–Crippen MR) is 122 cm³/mol. The molecule has 1 fully saturated rings. The highest BCUT2D eigenvalue weighted by molar-refractivity contribution is 5.99. The molecule has 1 aliphatic carbocycles. The van der Waals surface area contributed by atoms with Crippen LogP contribution in [0.2, 0.25) is 0 Å². The monoisotopic (exact) mass is 400 g/mol. The number of amides is 1. The molecule has 4 heteroatoms. The van der Waals surface area contributed by atoms with Gasteiger partial charge in [0.2, 0.25) is 0 Å². The molecule has 1 amide bonds. The Hall–Kier alpha value is -3.11. The number of aliphatic hydroxyl groups excluding tert-OH is 1. The Labute approximate surface area is 177 Å². The first-order valence-corrected chi connectivity index (χ1v) is 10.6. The molecule has 30 heavy (non-hydrogen) atoms. The molecule has 0 saturated heterocycles. The molecule has 0 atom stereocenters. The van der Waals surface area contributed by atoms with E-state index in [0.29, 0.717) is 5.56 Å². The molecule has 0 unspecified atom stereocenters. The normalized spacial score (nSPS) is 18.7. The van der Waals surface area contributed by atoms with E-state index in [4.69, 9.17) is 5.73 Å². The smallest absolute Gasteiger partial charge is 0.250 e. The summed E-state index contributed by atoms with van der Waals surface area (Å²) < 4.78 is 0. The van der Waals surface area contributed by atoms with Crippen LogP contribution in [0.25, 0.3) is 11.1 Å². The molecule has 4 rings (SSSR count). The Kier molecular flexibility index (Phi) is 6.15. The molecule has 1 aliphatic rings. The van der Waals surface area contributed by atoms with Gasteiger partial charge >= 0.3 is 0 Å². The van der Waals surface area contributed by atoms with Crippen LogP contribution in [0, 0.1) is 0 Å². The third-order valence-corrected chi connectivity index (χ3v) is 5.91. The van der Waals surface area contributed by atoms with Crippen LogP contribution in [0.1, 0.15) is 47.2 Å². The van der Waals surface area contributed by atoms with Gasteiger partial charge in [0, 0.05) is 11.7 Å². The maximum absolute atomic E-state index is 12.0. The second-order valence-corrected chi connectivity index (χ2v) is 8.09. The van der Waals surface area contributed by atoms with Crippen molar-refractivity contribution in [1.29, 1.82) is 0 Å². The quantitative estimate of drug-likeness (QED) is 0.558. The maximum atomic E-state index is 12.0. The Morgan fingerprint density at radius 3 is 2.37 bits per heavy atom. The fourth-order valence-electron chi connectivity index (χ4n) is 4.26. The number of nitrogens with one attached hydrogen (secondary N) is 1. The minimum Gasteiger partial charge on any atom is -0.393 e. The van der Waals surface area contributed by atoms with Crippen LogP contribution in [0.4, 0.5) is 5.69 Å². The van der Waals surface area contributed by atoms with Gasteiger partial charge in [-0.1, -0.05) is 60.7 Å². The summed E-state index contributed by atoms with van der Waals surface area (Å²) in [5.41, 5.74) is 11.6. The highest BCUT2D eigenvalue weighted by Gasteiger charge is 2.21. The average molecular weight is 401 g/mol. The van der Waals surface area contributed by atoms with Crippen molar-refractivity contribution in [3.63, 3.8) is 0 Å². The summed E-state index contributed by atoms with van der Waals surface area (Å²) in [5, 5.41) is 13.3. The van der Waals surface area contributed by atoms with Gasteiger partial charge in [0.25, 0.3) is 5.91 Å². The molecule has 0 radical (unpaired) electrons. The summed E-state index contributed by atoms with van der Waals surface area (Å²) in [6, 6.07) is 24.9. The number of benzene rings is 3. The van der Waals surface area contributed by atoms with E-state index in [2.05, 4.69) is 47.8 Å². The molecule has 154 valence electrons. The summed E-state index contributed by atoms with van der Waals surface area (Å²) in [6.45, 7) is 0. The summed E-state index contributed by atoms with van der Waals surface area (Å²) in [6.07, 6.45) is 3.96. The molecule has 0 bridgehead atoms. The topological polar surface area (TPSA) is 75.4 Å². The molecular weight excluding hydrogens is 372 g/mol. The third kappa shape index (κ3) is 4.71. The Bertz CT molecular complexity index is 1010. The molecule has 0 heterocycles. The summed E-state index contributed by atoms with van der Waals surface area (Å²) in [5.74, 6) is -0.433. The summed E-state index contributed by atoms with van der Waals surface area (Å²) in [4.78, 5) is 12.0. The second kappa shape index (κ2) is 9.14. The highest BCUT2D eigenvalue weighted by atomic mass is 16.3. The molecule has 0 spiro atoms. The lowest BCUT2D eigenvalue weighted by Crippen LogP contribution is -2.29. The fourth-order valence-corrected chi connectivity index (χ4v) is 4.26. The molecule has 4 N–H and O–H groups in total. The van der Waals surface area contributed by atoms with Crippen molar-refractivity contribution < 1.29 is 9.90 Å². The van der Waals surface area contributed by atoms with Crippen molar-refractivity contribution in [3.05, 3.63) is 89.5 Å². The molecule has 0 aliphatic heterocycles. The number of carbonyl (C=O) groups is 1. The lowest BCUT2D eigenvalue weighted by Gasteiger charge is -2.28. The van der Waals surface area contributed by atoms with Crippen molar-refractivity contribution in [2.45, 2.75) is 44.2 Å². The number of hydrogen-bond donors (Lipinski definition) is 3. The zero-order chi connectivity index (χ0) is 20.9. The zero-order valence-electron chi connectivity index (χ0n) is 17.1. The minimum atomic E-state index is -0.433. The minimum absolute atomic E-state index is 0.213. The predicted octanol–water partition coefficient (Wildman–Crippen LogP) is 4.76. The molecule has 0 aromatic heterocycles. The van der Waals surface area contributed by atoms with Crippen LogP contribution >= 0.6 is 0 Å². The lowest BCUT2D eigenvalue weighted by atomic mass is 9.91. The Morgan fingerprint density at radius 1 is 0.933 bits per heavy atom. The van der Waals surface area contributed by atoms with Gasteiger partial charge in [-0.3, -0.25) is 4.79 Å². The molecular formula is C26H28N2O2. The van der Waals surface area contributed by atoms with Crippen LogP contribution in [0.15, 0.2) is 72.8 Å². The number of nitrogens with two attached hydrogens (primary N) is 1. The first kappa shape index (κ1) is 20.2. The zero-order valence-corrected chi connectivity index (χ0v) is 17.1. The third-order valence-electron chi connectivity index (χ3n) is 5.91. The summed E-state index contributed by atoms with van der Waals surface area (Å²) in [7, 11) is 0. The van der Waals surface area contributed by atoms with E-state index >= 15 is 0 Å². The fraction of sp³-hybridized carbons (Fsp3) is 0.269. The number of carbonyl (C=O) groups excluding carboxylic acids is 1. The average Bonchev–Trinajstić information content (AvgIpc) is 2.76. The number of primary amides is 1. The SMILES string of the molecule is NC(=O)c1ccc(-c2ccccc2Cc2ccccc2)cc1N[C@H]1CC[C@H](O)CC1. The maximum Gasteiger partial charge on any atom is 0.250 e. The van der Waals surface area contributed by atoms with Crippen molar-refractivity contribution in [2.75, 3.05) is 5.32 Å². The number of rotatable bonds is 6. The van der Waals surface area contributed by atoms with Gasteiger partial charge < -0.3 is 16.2 Å². The van der Waals surface area contributed by atoms with Crippen LogP contribution < -0.4 is 11.1 Å². The molecule has 3 aromatic carbocycles. The van der Waals surface area contributed by atoms with Gasteiger partial charge in [-0.2, -0.15) is 0 Å². The van der Waals surface area contributed by atoms with E-state index in [-0.39, 0.29) is 12.1 Å². The number of aliphatic hydroxyl groups is 1. The van der Waals surface area contributed by atoms with E-state index in [1.807, 2.05) is 30.3 Å². The number of hydrogen-bond acceptors (Lipinski definition) is 3. The largest absolute Gasteiger partial charge is 0.393 e. The molecule has 3 aromatic rings. The van der Waals surface area contributed by atoms with Gasteiger partial charge in [-0.05, 0) is 66.5 Å². The van der Waals surface area contributed by atoms with E-state index in [1.54, 1.807) is 0 Å². The number of anilines is 1. The van der Waals surface area contributed by atoms with Gasteiger partial charge in [-0.15, -0.1) is 0 Å².